The van der Waals surface area contributed by atoms with Crippen LogP contribution in [0.4, 0.5) is 0 Å². The Morgan fingerprint density at radius 2 is 1.25 bits per heavy atom. The molecule has 0 amide bonds. The van der Waals surface area contributed by atoms with Crippen LogP contribution >= 0.6 is 0 Å². The number of aryl methyl sites for hydroxylation is 1. The van der Waals surface area contributed by atoms with Gasteiger partial charge in [0.15, 0.2) is 23.0 Å². The van der Waals surface area contributed by atoms with Gasteiger partial charge in [0, 0.05) is 29.4 Å². The fourth-order valence-electron chi connectivity index (χ4n) is 5.79. The molecule has 0 saturated heterocycles. The first-order valence-corrected chi connectivity index (χ1v) is 12.3. The highest BCUT2D eigenvalue weighted by molar-refractivity contribution is 6.10. The second kappa shape index (κ2) is 11.0. The number of rotatable bonds is 9. The fourth-order valence-corrected chi connectivity index (χ4v) is 5.79. The first kappa shape index (κ1) is 28.6. The third-order valence-electron chi connectivity index (χ3n) is 7.40. The molecule has 0 spiro atoms. The maximum atomic E-state index is 12.4. The van der Waals surface area contributed by atoms with Crippen molar-refractivity contribution in [2.45, 2.75) is 25.9 Å². The molecule has 1 aliphatic carbocycles. The lowest BCUT2D eigenvalue weighted by Crippen LogP contribution is -2.23. The number of hydrogen-bond donors (Lipinski definition) is 2. The lowest BCUT2D eigenvalue weighted by molar-refractivity contribution is 0.0679. The second-order valence-corrected chi connectivity index (χ2v) is 9.35. The van der Waals surface area contributed by atoms with Crippen LogP contribution in [0.15, 0.2) is 23.8 Å². The van der Waals surface area contributed by atoms with Crippen molar-refractivity contribution in [3.05, 3.63) is 57.2 Å². The zero-order chi connectivity index (χ0) is 29.5. The third kappa shape index (κ3) is 4.24. The van der Waals surface area contributed by atoms with Crippen molar-refractivity contribution in [2.75, 3.05) is 42.7 Å². The van der Waals surface area contributed by atoms with Gasteiger partial charge in [-0.1, -0.05) is 11.6 Å². The zero-order valence-corrected chi connectivity index (χ0v) is 23.6. The van der Waals surface area contributed by atoms with Crippen LogP contribution in [0.25, 0.3) is 16.8 Å². The lowest BCUT2D eigenvalue weighted by atomic mass is 9.74. The van der Waals surface area contributed by atoms with Gasteiger partial charge in [-0.15, -0.1) is 0 Å². The summed E-state index contributed by atoms with van der Waals surface area (Å²) in [4.78, 5) is 24.8. The van der Waals surface area contributed by atoms with E-state index in [2.05, 4.69) is 0 Å². The van der Waals surface area contributed by atoms with Crippen LogP contribution in [0.2, 0.25) is 0 Å². The number of carbonyl (C=O) groups is 2. The van der Waals surface area contributed by atoms with Crippen molar-refractivity contribution in [1.82, 2.24) is 0 Å². The smallest absolute Gasteiger partial charge is 0.340 e. The third-order valence-corrected chi connectivity index (χ3v) is 7.40. The summed E-state index contributed by atoms with van der Waals surface area (Å²) in [5.41, 5.74) is 3.32. The molecule has 2 N–H and O–H groups in total. The summed E-state index contributed by atoms with van der Waals surface area (Å²) in [6.07, 6.45) is 1.17. The Balaban J connectivity index is 2.10. The fraction of sp³-hybridized carbons (Fsp3) is 0.333. The van der Waals surface area contributed by atoms with Gasteiger partial charge in [0.05, 0.1) is 41.7 Å². The van der Waals surface area contributed by atoms with Crippen molar-refractivity contribution in [2.24, 2.45) is 0 Å². The minimum absolute atomic E-state index is 0.0261. The van der Waals surface area contributed by atoms with Crippen LogP contribution in [-0.4, -0.2) is 64.8 Å². The van der Waals surface area contributed by atoms with E-state index in [9.17, 15) is 19.8 Å². The van der Waals surface area contributed by atoms with E-state index in [4.69, 9.17) is 28.4 Å². The number of methoxy groups -OCH3 is 6. The molecular weight excluding hydrogens is 520 g/mol. The number of fused-ring (bicyclic) bond motifs is 2. The van der Waals surface area contributed by atoms with Crippen molar-refractivity contribution < 1.29 is 48.2 Å². The predicted octanol–water partition coefficient (Wildman–Crippen LogP) is 5.48. The standard InChI is InChI=1S/C30H32O10/c1-13-9-15-17(11-19(35-3)27(39-7)23(15)29(31)32)25(37-5)21(13)22-14(2)10-16-18(26(22)38-6)12-20(36-4)28(40-8)24(16)30(33)34/h9-12,21,25H,1-8H3,(H,31,32)(H,33,34). The van der Waals surface area contributed by atoms with Gasteiger partial charge in [0.2, 0.25) is 0 Å². The van der Waals surface area contributed by atoms with Crippen LogP contribution < -0.4 is 23.7 Å². The van der Waals surface area contributed by atoms with Crippen LogP contribution in [-0.2, 0) is 4.74 Å². The number of carboxylic acids is 2. The van der Waals surface area contributed by atoms with Gasteiger partial charge in [-0.3, -0.25) is 0 Å². The Hall–Kier alpha value is -4.44. The highest BCUT2D eigenvalue weighted by Gasteiger charge is 2.39. The number of aromatic carboxylic acids is 2. The molecule has 3 aromatic carbocycles. The van der Waals surface area contributed by atoms with Crippen LogP contribution in [0, 0.1) is 6.92 Å². The Morgan fingerprint density at radius 3 is 1.75 bits per heavy atom. The number of hydrogen-bond acceptors (Lipinski definition) is 8. The molecular formula is C30H32O10. The summed E-state index contributed by atoms with van der Waals surface area (Å²) in [7, 11) is 8.73. The molecule has 0 heterocycles. The van der Waals surface area contributed by atoms with E-state index in [0.717, 1.165) is 16.7 Å². The normalized spacial score (nSPS) is 16.1. The van der Waals surface area contributed by atoms with E-state index < -0.39 is 24.0 Å². The van der Waals surface area contributed by atoms with Crippen molar-refractivity contribution in [3.63, 3.8) is 0 Å². The van der Waals surface area contributed by atoms with Crippen LogP contribution in [0.5, 0.6) is 28.7 Å². The quantitative estimate of drug-likeness (QED) is 0.352. The van der Waals surface area contributed by atoms with Crippen molar-refractivity contribution in [3.8, 4) is 28.7 Å². The second-order valence-electron chi connectivity index (χ2n) is 9.35. The topological polar surface area (TPSA) is 130 Å². The van der Waals surface area contributed by atoms with Gasteiger partial charge in [-0.2, -0.15) is 0 Å². The van der Waals surface area contributed by atoms with E-state index in [1.807, 2.05) is 13.8 Å². The molecule has 0 fully saturated rings. The van der Waals surface area contributed by atoms with Crippen LogP contribution in [0.3, 0.4) is 0 Å². The molecule has 3 aromatic rings. The molecule has 1 aliphatic rings. The van der Waals surface area contributed by atoms with Gasteiger partial charge >= 0.3 is 11.9 Å². The van der Waals surface area contributed by atoms with E-state index in [1.165, 1.54) is 35.5 Å². The van der Waals surface area contributed by atoms with Gasteiger partial charge in [0.1, 0.15) is 16.9 Å². The molecule has 212 valence electrons. The first-order chi connectivity index (χ1) is 19.1. The molecule has 4 rings (SSSR count). The summed E-state index contributed by atoms with van der Waals surface area (Å²) in [5, 5.41) is 21.2. The monoisotopic (exact) mass is 552 g/mol. The summed E-state index contributed by atoms with van der Waals surface area (Å²) in [6, 6.07) is 5.20. The molecule has 0 radical (unpaired) electrons. The Labute approximate surface area is 231 Å². The molecule has 40 heavy (non-hydrogen) atoms. The van der Waals surface area contributed by atoms with Gasteiger partial charge < -0.3 is 38.6 Å². The Bertz CT molecular complexity index is 1550. The van der Waals surface area contributed by atoms with E-state index in [-0.39, 0.29) is 34.1 Å². The first-order valence-electron chi connectivity index (χ1n) is 12.3. The molecule has 2 atom stereocenters. The molecule has 0 saturated carbocycles. The van der Waals surface area contributed by atoms with Gasteiger partial charge in [-0.25, -0.2) is 9.59 Å². The lowest BCUT2D eigenvalue weighted by Gasteiger charge is -2.35. The molecule has 10 heteroatoms. The van der Waals surface area contributed by atoms with Crippen LogP contribution in [0.1, 0.15) is 61.9 Å². The minimum Gasteiger partial charge on any atom is -0.496 e. The molecule has 0 bridgehead atoms. The van der Waals surface area contributed by atoms with Gasteiger partial charge in [-0.05, 0) is 48.7 Å². The number of carboxylic acid groups (broad SMARTS) is 2. The maximum Gasteiger partial charge on any atom is 0.340 e. The summed E-state index contributed by atoms with van der Waals surface area (Å²) >= 11 is 0. The Kier molecular flexibility index (Phi) is 7.84. The molecule has 2 unspecified atom stereocenters. The summed E-state index contributed by atoms with van der Waals surface area (Å²) < 4.78 is 33.8. The van der Waals surface area contributed by atoms with Crippen molar-refractivity contribution >= 4 is 28.8 Å². The average Bonchev–Trinajstić information content (AvgIpc) is 2.93. The minimum atomic E-state index is -1.17. The maximum absolute atomic E-state index is 12.4. The molecule has 10 nitrogen and oxygen atoms in total. The molecule has 0 aromatic heterocycles. The summed E-state index contributed by atoms with van der Waals surface area (Å²) in [6.45, 7) is 3.76. The number of ether oxygens (including phenoxy) is 6. The summed E-state index contributed by atoms with van der Waals surface area (Å²) in [5.74, 6) is -1.57. The van der Waals surface area contributed by atoms with Crippen molar-refractivity contribution in [1.29, 1.82) is 0 Å². The zero-order valence-electron chi connectivity index (χ0n) is 23.6. The van der Waals surface area contributed by atoms with Gasteiger partial charge in [0.25, 0.3) is 0 Å². The van der Waals surface area contributed by atoms with E-state index in [1.54, 1.807) is 31.4 Å². The Morgan fingerprint density at radius 1 is 0.700 bits per heavy atom. The predicted molar refractivity (Wildman–Crippen MR) is 148 cm³/mol. The molecule has 0 aliphatic heterocycles. The van der Waals surface area contributed by atoms with E-state index >= 15 is 0 Å². The highest BCUT2D eigenvalue weighted by Crippen LogP contribution is 2.54. The largest absolute Gasteiger partial charge is 0.496 e. The SMILES string of the molecule is COc1cc2c(c(C(=O)O)c1OC)C=C(C)C(c1c(C)cc3c(C(=O)O)c(OC)c(OC)cc3c1OC)C2OC. The van der Waals surface area contributed by atoms with E-state index in [0.29, 0.717) is 27.6 Å². The number of benzene rings is 3. The average molecular weight is 553 g/mol. The highest BCUT2D eigenvalue weighted by atomic mass is 16.5.